The molecule has 3 rings (SSSR count). The number of nitrogens with zero attached hydrogens (tertiary/aromatic N) is 2. The third kappa shape index (κ3) is 1.97. The molecule has 2 aromatic rings. The van der Waals surface area contributed by atoms with Gasteiger partial charge in [0, 0.05) is 12.1 Å². The third-order valence-electron chi connectivity index (χ3n) is 3.33. The van der Waals surface area contributed by atoms with Crippen molar-refractivity contribution in [2.24, 2.45) is 0 Å². The van der Waals surface area contributed by atoms with Crippen LogP contribution in [0.3, 0.4) is 0 Å². The van der Waals surface area contributed by atoms with Gasteiger partial charge in [-0.05, 0) is 18.6 Å². The highest BCUT2D eigenvalue weighted by Crippen LogP contribution is 2.22. The molecule has 0 fully saturated rings. The summed E-state index contributed by atoms with van der Waals surface area (Å²) in [5.41, 5.74) is 1.88. The number of amides is 1. The van der Waals surface area contributed by atoms with Gasteiger partial charge in [0.25, 0.3) is 5.91 Å². The van der Waals surface area contributed by atoms with Gasteiger partial charge in [-0.3, -0.25) is 9.89 Å². The van der Waals surface area contributed by atoms with Gasteiger partial charge in [-0.15, -0.1) is 0 Å². The van der Waals surface area contributed by atoms with Gasteiger partial charge in [-0.1, -0.05) is 0 Å². The van der Waals surface area contributed by atoms with E-state index in [0.717, 1.165) is 11.3 Å². The lowest BCUT2D eigenvalue weighted by molar-refractivity contribution is 0.0592. The van der Waals surface area contributed by atoms with Gasteiger partial charge >= 0.3 is 5.97 Å². The molecule has 0 bridgehead atoms. The number of fused-ring (bicyclic) bond motifs is 1. The Kier molecular flexibility index (Phi) is 3.02. The Hall–Kier alpha value is -2.57. The van der Waals surface area contributed by atoms with Gasteiger partial charge in [-0.25, -0.2) is 4.79 Å². The van der Waals surface area contributed by atoms with E-state index in [1.54, 1.807) is 17.0 Å². The number of hydrogen-bond acceptors (Lipinski definition) is 5. The van der Waals surface area contributed by atoms with Crippen LogP contribution in [-0.2, 0) is 17.7 Å². The topological polar surface area (TPSA) is 88.4 Å². The number of furan rings is 1. The number of methoxy groups -OCH3 is 1. The number of nitrogens with one attached hydrogen (secondary N) is 1. The van der Waals surface area contributed by atoms with Gasteiger partial charge in [0.1, 0.15) is 0 Å². The van der Waals surface area contributed by atoms with Crippen molar-refractivity contribution in [3.05, 3.63) is 41.1 Å². The van der Waals surface area contributed by atoms with E-state index in [0.29, 0.717) is 31.0 Å². The molecule has 1 amide bonds. The van der Waals surface area contributed by atoms with E-state index in [9.17, 15) is 9.59 Å². The minimum atomic E-state index is -0.465. The number of carbonyl (C=O) groups excluding carboxylic acids is 2. The fourth-order valence-electron chi connectivity index (χ4n) is 2.31. The van der Waals surface area contributed by atoms with E-state index in [-0.39, 0.29) is 5.91 Å². The highest BCUT2D eigenvalue weighted by Gasteiger charge is 2.28. The maximum absolute atomic E-state index is 12.2. The van der Waals surface area contributed by atoms with Crippen LogP contribution in [0.25, 0.3) is 0 Å². The zero-order valence-corrected chi connectivity index (χ0v) is 10.9. The maximum Gasteiger partial charge on any atom is 0.358 e. The second-order valence-corrected chi connectivity index (χ2v) is 4.47. The summed E-state index contributed by atoms with van der Waals surface area (Å²) in [7, 11) is 1.32. The van der Waals surface area contributed by atoms with Crippen LogP contribution in [0.15, 0.2) is 22.8 Å². The summed E-state index contributed by atoms with van der Waals surface area (Å²) in [6.07, 6.45) is 2.02. The molecule has 2 aromatic heterocycles. The average Bonchev–Trinajstić information content (AvgIpc) is 3.14. The number of aromatic amines is 1. The number of hydrogen-bond donors (Lipinski definition) is 1. The molecule has 0 spiro atoms. The zero-order chi connectivity index (χ0) is 14.1. The monoisotopic (exact) mass is 275 g/mol. The molecule has 0 unspecified atom stereocenters. The van der Waals surface area contributed by atoms with Crippen molar-refractivity contribution < 1.29 is 18.7 Å². The average molecular weight is 275 g/mol. The molecule has 1 aliphatic heterocycles. The first kappa shape index (κ1) is 12.5. The Labute approximate surface area is 114 Å². The largest absolute Gasteiger partial charge is 0.464 e. The quantitative estimate of drug-likeness (QED) is 0.825. The predicted octanol–water partition coefficient (Wildman–Crippen LogP) is 0.988. The minimum absolute atomic E-state index is 0.171. The van der Waals surface area contributed by atoms with Gasteiger partial charge in [0.15, 0.2) is 11.5 Å². The van der Waals surface area contributed by atoms with Crippen molar-refractivity contribution >= 4 is 11.9 Å². The smallest absolute Gasteiger partial charge is 0.358 e. The summed E-state index contributed by atoms with van der Waals surface area (Å²) in [6.45, 7) is 0.884. The first-order valence-corrected chi connectivity index (χ1v) is 6.18. The summed E-state index contributed by atoms with van der Waals surface area (Å²) < 4.78 is 9.78. The molecular weight excluding hydrogens is 262 g/mol. The Morgan fingerprint density at radius 2 is 2.35 bits per heavy atom. The van der Waals surface area contributed by atoms with Gasteiger partial charge in [0.05, 0.1) is 25.6 Å². The number of ether oxygens (including phenoxy) is 1. The van der Waals surface area contributed by atoms with Crippen LogP contribution < -0.4 is 0 Å². The van der Waals surface area contributed by atoms with Crippen molar-refractivity contribution in [1.82, 2.24) is 15.1 Å². The van der Waals surface area contributed by atoms with E-state index in [1.807, 2.05) is 0 Å². The number of H-pyrrole nitrogens is 1. The predicted molar refractivity (Wildman–Crippen MR) is 67.1 cm³/mol. The summed E-state index contributed by atoms with van der Waals surface area (Å²) in [5.74, 6) is -0.329. The van der Waals surface area contributed by atoms with Crippen LogP contribution in [0.4, 0.5) is 0 Å². The minimum Gasteiger partial charge on any atom is -0.464 e. The van der Waals surface area contributed by atoms with Crippen LogP contribution in [0.2, 0.25) is 0 Å². The van der Waals surface area contributed by atoms with E-state index in [4.69, 9.17) is 4.42 Å². The number of carbonyl (C=O) groups is 2. The Bertz CT molecular complexity index is 645. The van der Waals surface area contributed by atoms with E-state index in [1.165, 1.54) is 13.4 Å². The standard InChI is InChI=1S/C13H13N3O4/c1-19-13(18)11-8-4-5-16(7-9(8)14-15-11)12(17)10-3-2-6-20-10/h2-3,6H,4-5,7H2,1H3,(H,14,15). The first-order valence-electron chi connectivity index (χ1n) is 6.18. The second-order valence-electron chi connectivity index (χ2n) is 4.47. The lowest BCUT2D eigenvalue weighted by atomic mass is 10.0. The fourth-order valence-corrected chi connectivity index (χ4v) is 2.31. The summed E-state index contributed by atoms with van der Waals surface area (Å²) in [4.78, 5) is 25.4. The molecule has 20 heavy (non-hydrogen) atoms. The number of esters is 1. The SMILES string of the molecule is COC(=O)c1n[nH]c2c1CCN(C(=O)c1ccco1)C2. The van der Waals surface area contributed by atoms with Gasteiger partial charge < -0.3 is 14.1 Å². The molecule has 0 atom stereocenters. The highest BCUT2D eigenvalue weighted by atomic mass is 16.5. The summed E-state index contributed by atoms with van der Waals surface area (Å²) in [6, 6.07) is 3.30. The van der Waals surface area contributed by atoms with Crippen molar-refractivity contribution in [1.29, 1.82) is 0 Å². The van der Waals surface area contributed by atoms with Crippen LogP contribution in [0.5, 0.6) is 0 Å². The molecule has 0 saturated carbocycles. The molecular formula is C13H13N3O4. The van der Waals surface area contributed by atoms with Crippen molar-refractivity contribution in [2.75, 3.05) is 13.7 Å². The normalized spacial score (nSPS) is 13.9. The Morgan fingerprint density at radius 1 is 1.50 bits per heavy atom. The second kappa shape index (κ2) is 4.84. The zero-order valence-electron chi connectivity index (χ0n) is 10.9. The number of aromatic nitrogens is 2. The molecule has 0 saturated heterocycles. The van der Waals surface area contributed by atoms with Crippen LogP contribution in [0, 0.1) is 0 Å². The Balaban J connectivity index is 1.81. The maximum atomic E-state index is 12.2. The lowest BCUT2D eigenvalue weighted by Crippen LogP contribution is -2.36. The van der Waals surface area contributed by atoms with E-state index in [2.05, 4.69) is 14.9 Å². The van der Waals surface area contributed by atoms with Crippen LogP contribution >= 0.6 is 0 Å². The molecule has 3 heterocycles. The molecule has 0 radical (unpaired) electrons. The molecule has 104 valence electrons. The Morgan fingerprint density at radius 3 is 3.05 bits per heavy atom. The van der Waals surface area contributed by atoms with Crippen LogP contribution in [0.1, 0.15) is 32.3 Å². The molecule has 0 aliphatic carbocycles. The van der Waals surface area contributed by atoms with Crippen molar-refractivity contribution in [3.8, 4) is 0 Å². The van der Waals surface area contributed by atoms with Crippen molar-refractivity contribution in [2.45, 2.75) is 13.0 Å². The lowest BCUT2D eigenvalue weighted by Gasteiger charge is -2.25. The molecule has 0 aromatic carbocycles. The fraction of sp³-hybridized carbons (Fsp3) is 0.308. The van der Waals surface area contributed by atoms with E-state index >= 15 is 0 Å². The molecule has 7 heteroatoms. The van der Waals surface area contributed by atoms with Crippen molar-refractivity contribution in [3.63, 3.8) is 0 Å². The summed E-state index contributed by atoms with van der Waals surface area (Å²) >= 11 is 0. The van der Waals surface area contributed by atoms with Gasteiger partial charge in [-0.2, -0.15) is 5.10 Å². The summed E-state index contributed by atoms with van der Waals surface area (Å²) in [5, 5.41) is 6.76. The third-order valence-corrected chi connectivity index (χ3v) is 3.33. The first-order chi connectivity index (χ1) is 9.70. The number of rotatable bonds is 2. The molecule has 1 aliphatic rings. The van der Waals surface area contributed by atoms with E-state index < -0.39 is 5.97 Å². The molecule has 7 nitrogen and oxygen atoms in total. The van der Waals surface area contributed by atoms with Gasteiger partial charge in [0.2, 0.25) is 0 Å². The molecule has 1 N–H and O–H groups in total. The van der Waals surface area contributed by atoms with Crippen LogP contribution in [-0.4, -0.2) is 40.6 Å². The highest BCUT2D eigenvalue weighted by molar-refractivity contribution is 5.92.